The summed E-state index contributed by atoms with van der Waals surface area (Å²) in [5, 5.41) is 11.2. The van der Waals surface area contributed by atoms with E-state index in [4.69, 9.17) is 5.73 Å². The highest BCUT2D eigenvalue weighted by molar-refractivity contribution is 5.93. The molecule has 1 fully saturated rings. The molecule has 0 aliphatic heterocycles. The van der Waals surface area contributed by atoms with E-state index in [-0.39, 0.29) is 11.8 Å². The predicted molar refractivity (Wildman–Crippen MR) is 89.6 cm³/mol. The van der Waals surface area contributed by atoms with Crippen molar-refractivity contribution in [2.45, 2.75) is 32.7 Å². The molecular formula is C17H23N5O. The van der Waals surface area contributed by atoms with Crippen molar-refractivity contribution in [2.75, 3.05) is 11.9 Å². The fraction of sp³-hybridized carbons (Fsp3) is 0.471. The monoisotopic (exact) mass is 313 g/mol. The van der Waals surface area contributed by atoms with E-state index >= 15 is 0 Å². The number of aryl methyl sites for hydroxylation is 1. The maximum atomic E-state index is 12.5. The SMILES string of the molecule is CCn1cnnc1-c1cccc(NC(=O)[C@@H]2CCC[C@@H]2CN)c1. The summed E-state index contributed by atoms with van der Waals surface area (Å²) in [7, 11) is 0. The van der Waals surface area contributed by atoms with Gasteiger partial charge < -0.3 is 15.6 Å². The number of nitrogens with zero attached hydrogens (tertiary/aromatic N) is 3. The summed E-state index contributed by atoms with van der Waals surface area (Å²) in [6, 6.07) is 7.75. The lowest BCUT2D eigenvalue weighted by atomic mass is 9.95. The molecule has 23 heavy (non-hydrogen) atoms. The first-order valence-corrected chi connectivity index (χ1v) is 8.22. The third kappa shape index (κ3) is 3.27. The Bertz CT molecular complexity index is 681. The zero-order valence-electron chi connectivity index (χ0n) is 13.4. The summed E-state index contributed by atoms with van der Waals surface area (Å²) in [6.07, 6.45) is 4.77. The number of hydrogen-bond donors (Lipinski definition) is 2. The van der Waals surface area contributed by atoms with Crippen LogP contribution < -0.4 is 11.1 Å². The van der Waals surface area contributed by atoms with Gasteiger partial charge in [0.25, 0.3) is 0 Å². The average Bonchev–Trinajstić information content (AvgIpc) is 3.23. The molecule has 0 radical (unpaired) electrons. The lowest BCUT2D eigenvalue weighted by Crippen LogP contribution is -2.29. The maximum Gasteiger partial charge on any atom is 0.227 e. The summed E-state index contributed by atoms with van der Waals surface area (Å²) >= 11 is 0. The minimum Gasteiger partial charge on any atom is -0.330 e. The lowest BCUT2D eigenvalue weighted by Gasteiger charge is -2.17. The van der Waals surface area contributed by atoms with Crippen LogP contribution in [0.15, 0.2) is 30.6 Å². The van der Waals surface area contributed by atoms with Crippen molar-refractivity contribution in [3.05, 3.63) is 30.6 Å². The van der Waals surface area contributed by atoms with E-state index in [1.807, 2.05) is 35.8 Å². The Hall–Kier alpha value is -2.21. The number of nitrogens with two attached hydrogens (primary N) is 1. The third-order valence-electron chi connectivity index (χ3n) is 4.64. The molecule has 3 N–H and O–H groups in total. The fourth-order valence-electron chi connectivity index (χ4n) is 3.35. The fourth-order valence-corrected chi connectivity index (χ4v) is 3.35. The van der Waals surface area contributed by atoms with Gasteiger partial charge in [-0.25, -0.2) is 0 Å². The number of hydrogen-bond acceptors (Lipinski definition) is 4. The Morgan fingerprint density at radius 2 is 2.30 bits per heavy atom. The van der Waals surface area contributed by atoms with Crippen LogP contribution in [0.1, 0.15) is 26.2 Å². The van der Waals surface area contributed by atoms with Crippen molar-refractivity contribution in [3.63, 3.8) is 0 Å². The Kier molecular flexibility index (Phi) is 4.71. The Balaban J connectivity index is 1.77. The van der Waals surface area contributed by atoms with Gasteiger partial charge in [0.15, 0.2) is 5.82 Å². The molecule has 0 unspecified atom stereocenters. The summed E-state index contributed by atoms with van der Waals surface area (Å²) < 4.78 is 1.97. The van der Waals surface area contributed by atoms with Crippen LogP contribution in [0.25, 0.3) is 11.4 Å². The zero-order valence-corrected chi connectivity index (χ0v) is 13.4. The average molecular weight is 313 g/mol. The summed E-state index contributed by atoms with van der Waals surface area (Å²) in [5.74, 6) is 1.22. The first-order valence-electron chi connectivity index (χ1n) is 8.22. The topological polar surface area (TPSA) is 85.8 Å². The number of amides is 1. The molecule has 122 valence electrons. The molecule has 0 spiro atoms. The molecule has 6 nitrogen and oxygen atoms in total. The smallest absolute Gasteiger partial charge is 0.227 e. The van der Waals surface area contributed by atoms with Crippen LogP contribution in [0.3, 0.4) is 0 Å². The molecule has 2 aromatic rings. The van der Waals surface area contributed by atoms with Crippen LogP contribution in [0.2, 0.25) is 0 Å². The molecule has 1 heterocycles. The quantitative estimate of drug-likeness (QED) is 0.886. The van der Waals surface area contributed by atoms with Crippen molar-refractivity contribution in [1.82, 2.24) is 14.8 Å². The van der Waals surface area contributed by atoms with Crippen LogP contribution in [-0.2, 0) is 11.3 Å². The van der Waals surface area contributed by atoms with E-state index < -0.39 is 0 Å². The van der Waals surface area contributed by atoms with Gasteiger partial charge in [0.2, 0.25) is 5.91 Å². The van der Waals surface area contributed by atoms with Gasteiger partial charge in [-0.05, 0) is 44.4 Å². The first kappa shape index (κ1) is 15.7. The van der Waals surface area contributed by atoms with Gasteiger partial charge in [-0.15, -0.1) is 10.2 Å². The van der Waals surface area contributed by atoms with Gasteiger partial charge in [0.1, 0.15) is 6.33 Å². The van der Waals surface area contributed by atoms with E-state index in [1.165, 1.54) is 0 Å². The first-order chi connectivity index (χ1) is 11.2. The molecule has 1 saturated carbocycles. The second kappa shape index (κ2) is 6.91. The Labute approximate surface area is 136 Å². The van der Waals surface area contributed by atoms with Gasteiger partial charge >= 0.3 is 0 Å². The number of carbonyl (C=O) groups is 1. The van der Waals surface area contributed by atoms with Gasteiger partial charge in [-0.2, -0.15) is 0 Å². The third-order valence-corrected chi connectivity index (χ3v) is 4.64. The highest BCUT2D eigenvalue weighted by Gasteiger charge is 2.31. The van der Waals surface area contributed by atoms with Gasteiger partial charge in [0.05, 0.1) is 0 Å². The standard InChI is InChI=1S/C17H23N5O/c1-2-22-11-19-21-16(22)12-5-3-7-14(9-12)20-17(23)15-8-4-6-13(15)10-18/h3,5,7,9,11,13,15H,2,4,6,8,10,18H2,1H3,(H,20,23)/t13-,15-/m1/s1. The second-order valence-corrected chi connectivity index (χ2v) is 6.04. The number of aromatic nitrogens is 3. The number of carbonyl (C=O) groups excluding carboxylic acids is 1. The molecule has 0 saturated heterocycles. The van der Waals surface area contributed by atoms with E-state index in [0.717, 1.165) is 42.9 Å². The number of rotatable bonds is 5. The van der Waals surface area contributed by atoms with Crippen LogP contribution in [-0.4, -0.2) is 27.2 Å². The van der Waals surface area contributed by atoms with Gasteiger partial charge in [-0.1, -0.05) is 18.6 Å². The second-order valence-electron chi connectivity index (χ2n) is 6.04. The molecule has 1 amide bonds. The van der Waals surface area contributed by atoms with Crippen molar-refractivity contribution in [1.29, 1.82) is 0 Å². The molecule has 3 rings (SSSR count). The van der Waals surface area contributed by atoms with E-state index in [1.54, 1.807) is 6.33 Å². The molecule has 1 aromatic heterocycles. The molecule has 1 aromatic carbocycles. The Morgan fingerprint density at radius 1 is 1.43 bits per heavy atom. The lowest BCUT2D eigenvalue weighted by molar-refractivity contribution is -0.120. The normalized spacial score (nSPS) is 20.6. The minimum absolute atomic E-state index is 0.0305. The number of benzene rings is 1. The maximum absolute atomic E-state index is 12.5. The van der Waals surface area contributed by atoms with Crippen molar-refractivity contribution in [2.24, 2.45) is 17.6 Å². The van der Waals surface area contributed by atoms with Crippen molar-refractivity contribution in [3.8, 4) is 11.4 Å². The van der Waals surface area contributed by atoms with E-state index in [0.29, 0.717) is 12.5 Å². The molecule has 6 heteroatoms. The van der Waals surface area contributed by atoms with Crippen LogP contribution in [0.5, 0.6) is 0 Å². The van der Waals surface area contributed by atoms with Crippen LogP contribution in [0, 0.1) is 11.8 Å². The zero-order chi connectivity index (χ0) is 16.2. The van der Waals surface area contributed by atoms with E-state index in [9.17, 15) is 4.79 Å². The predicted octanol–water partition coefficient (Wildman–Crippen LogP) is 2.28. The van der Waals surface area contributed by atoms with Crippen LogP contribution >= 0.6 is 0 Å². The summed E-state index contributed by atoms with van der Waals surface area (Å²) in [4.78, 5) is 12.5. The largest absolute Gasteiger partial charge is 0.330 e. The van der Waals surface area contributed by atoms with Gasteiger partial charge in [-0.3, -0.25) is 4.79 Å². The van der Waals surface area contributed by atoms with Gasteiger partial charge in [0, 0.05) is 23.7 Å². The molecule has 1 aliphatic carbocycles. The molecule has 0 bridgehead atoms. The highest BCUT2D eigenvalue weighted by atomic mass is 16.1. The molecule has 1 aliphatic rings. The molecule has 2 atom stereocenters. The Morgan fingerprint density at radius 3 is 3.09 bits per heavy atom. The van der Waals surface area contributed by atoms with Crippen molar-refractivity contribution < 1.29 is 4.79 Å². The minimum atomic E-state index is 0.0305. The summed E-state index contributed by atoms with van der Waals surface area (Å²) in [5.41, 5.74) is 7.52. The molecular weight excluding hydrogens is 290 g/mol. The number of nitrogens with one attached hydrogen (secondary N) is 1. The highest BCUT2D eigenvalue weighted by Crippen LogP contribution is 2.32. The number of anilines is 1. The van der Waals surface area contributed by atoms with E-state index in [2.05, 4.69) is 15.5 Å². The summed E-state index contributed by atoms with van der Waals surface area (Å²) in [6.45, 7) is 3.43. The van der Waals surface area contributed by atoms with Crippen LogP contribution in [0.4, 0.5) is 5.69 Å². The van der Waals surface area contributed by atoms with Crippen molar-refractivity contribution >= 4 is 11.6 Å².